The molecule has 0 aliphatic rings. The summed E-state index contributed by atoms with van der Waals surface area (Å²) in [4.78, 5) is 10.4. The molecule has 0 aromatic carbocycles. The highest BCUT2D eigenvalue weighted by atomic mass is 32.2. The van der Waals surface area contributed by atoms with Gasteiger partial charge in [0.05, 0.1) is 0 Å². The van der Waals surface area contributed by atoms with E-state index in [1.807, 2.05) is 6.92 Å². The summed E-state index contributed by atoms with van der Waals surface area (Å²) in [7, 11) is 0. The summed E-state index contributed by atoms with van der Waals surface area (Å²) in [5.74, 6) is 0.193. The lowest BCUT2D eigenvalue weighted by Gasteiger charge is -2.03. The lowest BCUT2D eigenvalue weighted by atomic mass is 10.2. The maximum Gasteiger partial charge on any atom is 0.330 e. The van der Waals surface area contributed by atoms with Gasteiger partial charge in [0.2, 0.25) is 0 Å². The van der Waals surface area contributed by atoms with Crippen LogP contribution in [0, 0.1) is 0 Å². The highest BCUT2D eigenvalue weighted by Crippen LogP contribution is 2.12. The molecule has 2 nitrogen and oxygen atoms in total. The van der Waals surface area contributed by atoms with Gasteiger partial charge in [0, 0.05) is 10.8 Å². The Balaban J connectivity index is 3.96. The molecular formula is C8H14O2S. The minimum Gasteiger partial charge on any atom is -0.478 e. The van der Waals surface area contributed by atoms with Crippen molar-refractivity contribution in [1.82, 2.24) is 0 Å². The third kappa shape index (κ3) is 4.90. The summed E-state index contributed by atoms with van der Waals surface area (Å²) in [6.07, 6.45) is 1.77. The van der Waals surface area contributed by atoms with E-state index in [1.165, 1.54) is 0 Å². The van der Waals surface area contributed by atoms with Crippen molar-refractivity contribution in [1.29, 1.82) is 0 Å². The van der Waals surface area contributed by atoms with Crippen LogP contribution in [0.3, 0.4) is 0 Å². The predicted octanol–water partition coefficient (Wildman–Crippen LogP) is 2.16. The molecule has 64 valence electrons. The lowest BCUT2D eigenvalue weighted by Crippen LogP contribution is -2.00. The second-order valence-corrected chi connectivity index (χ2v) is 3.97. The van der Waals surface area contributed by atoms with Gasteiger partial charge >= 0.3 is 5.97 Å². The summed E-state index contributed by atoms with van der Waals surface area (Å²) in [5.41, 5.74) is 0.429. The summed E-state index contributed by atoms with van der Waals surface area (Å²) in [5, 5.41) is 8.82. The zero-order chi connectivity index (χ0) is 8.85. The quantitative estimate of drug-likeness (QED) is 0.664. The van der Waals surface area contributed by atoms with Crippen molar-refractivity contribution in [2.45, 2.75) is 26.0 Å². The largest absolute Gasteiger partial charge is 0.478 e. The summed E-state index contributed by atoms with van der Waals surface area (Å²) >= 11 is 1.74. The van der Waals surface area contributed by atoms with E-state index in [2.05, 4.69) is 6.92 Å². The van der Waals surface area contributed by atoms with Crippen LogP contribution in [0.4, 0.5) is 0 Å². The summed E-state index contributed by atoms with van der Waals surface area (Å²) in [6.45, 7) is 5.68. The van der Waals surface area contributed by atoms with Crippen molar-refractivity contribution in [3.63, 3.8) is 0 Å². The molecule has 0 amide bonds. The molecule has 0 aliphatic carbocycles. The van der Waals surface area contributed by atoms with E-state index in [0.717, 1.165) is 5.75 Å². The van der Waals surface area contributed by atoms with Crippen LogP contribution < -0.4 is 0 Å². The smallest absolute Gasteiger partial charge is 0.330 e. The molecule has 1 atom stereocenters. The van der Waals surface area contributed by atoms with Gasteiger partial charge in [-0.2, -0.15) is 11.8 Å². The Bertz CT molecular complexity index is 163. The van der Waals surface area contributed by atoms with Crippen molar-refractivity contribution in [3.8, 4) is 0 Å². The standard InChI is InChI=1S/C8H14O2S/c1-4-11-7(3)5-6(2)8(9)10/h5,7H,4H2,1-3H3,(H,9,10). The Kier molecular flexibility index (Phi) is 5.03. The first-order valence-corrected chi connectivity index (χ1v) is 4.66. The van der Waals surface area contributed by atoms with Gasteiger partial charge in [-0.25, -0.2) is 4.79 Å². The molecule has 1 N–H and O–H groups in total. The predicted molar refractivity (Wildman–Crippen MR) is 49.0 cm³/mol. The van der Waals surface area contributed by atoms with E-state index in [9.17, 15) is 4.79 Å². The lowest BCUT2D eigenvalue weighted by molar-refractivity contribution is -0.132. The van der Waals surface area contributed by atoms with E-state index in [0.29, 0.717) is 10.8 Å². The third-order valence-corrected chi connectivity index (χ3v) is 2.25. The molecule has 0 spiro atoms. The van der Waals surface area contributed by atoms with Crippen molar-refractivity contribution in [3.05, 3.63) is 11.6 Å². The van der Waals surface area contributed by atoms with Crippen LogP contribution in [0.15, 0.2) is 11.6 Å². The molecule has 11 heavy (non-hydrogen) atoms. The average Bonchev–Trinajstić information content (AvgIpc) is 1.87. The minimum absolute atomic E-state index is 0.302. The van der Waals surface area contributed by atoms with Gasteiger partial charge in [-0.3, -0.25) is 0 Å². The Morgan fingerprint density at radius 2 is 2.27 bits per heavy atom. The number of carbonyl (C=O) groups is 1. The van der Waals surface area contributed by atoms with Gasteiger partial charge in [-0.05, 0) is 19.6 Å². The van der Waals surface area contributed by atoms with Crippen LogP contribution in [-0.2, 0) is 4.79 Å². The number of carboxylic acids is 1. The number of thioether (sulfide) groups is 1. The van der Waals surface area contributed by atoms with Gasteiger partial charge in [0.1, 0.15) is 0 Å². The van der Waals surface area contributed by atoms with E-state index in [-0.39, 0.29) is 0 Å². The number of hydrogen-bond acceptors (Lipinski definition) is 2. The van der Waals surface area contributed by atoms with Crippen molar-refractivity contribution in [2.75, 3.05) is 5.75 Å². The normalized spacial score (nSPS) is 14.6. The summed E-state index contributed by atoms with van der Waals surface area (Å²) in [6, 6.07) is 0. The van der Waals surface area contributed by atoms with Gasteiger partial charge < -0.3 is 5.11 Å². The fraction of sp³-hybridized carbons (Fsp3) is 0.625. The SMILES string of the molecule is CCSC(C)C=C(C)C(=O)O. The maximum atomic E-state index is 10.4. The van der Waals surface area contributed by atoms with Gasteiger partial charge in [0.15, 0.2) is 0 Å². The van der Waals surface area contributed by atoms with Crippen LogP contribution in [0.2, 0.25) is 0 Å². The molecule has 0 saturated carbocycles. The van der Waals surface area contributed by atoms with Crippen molar-refractivity contribution in [2.24, 2.45) is 0 Å². The second kappa shape index (κ2) is 5.24. The molecule has 0 rings (SSSR count). The van der Waals surface area contributed by atoms with E-state index >= 15 is 0 Å². The zero-order valence-corrected chi connectivity index (χ0v) is 7.94. The molecule has 0 fully saturated rings. The first-order valence-electron chi connectivity index (χ1n) is 3.61. The Morgan fingerprint density at radius 1 is 1.73 bits per heavy atom. The second-order valence-electron chi connectivity index (χ2n) is 2.32. The topological polar surface area (TPSA) is 37.3 Å². The number of aliphatic carboxylic acids is 1. The molecule has 0 aromatic heterocycles. The zero-order valence-electron chi connectivity index (χ0n) is 7.13. The van der Waals surface area contributed by atoms with E-state index in [4.69, 9.17) is 5.11 Å². The molecule has 0 saturated heterocycles. The molecule has 3 heteroatoms. The van der Waals surface area contributed by atoms with Crippen LogP contribution in [0.25, 0.3) is 0 Å². The van der Waals surface area contributed by atoms with Gasteiger partial charge in [-0.15, -0.1) is 0 Å². The minimum atomic E-state index is -0.825. The Labute approximate surface area is 71.7 Å². The fourth-order valence-electron chi connectivity index (χ4n) is 0.734. The monoisotopic (exact) mass is 174 g/mol. The van der Waals surface area contributed by atoms with Crippen LogP contribution in [0.5, 0.6) is 0 Å². The molecule has 0 bridgehead atoms. The highest BCUT2D eigenvalue weighted by molar-refractivity contribution is 8.00. The molecule has 0 heterocycles. The molecule has 1 unspecified atom stereocenters. The van der Waals surface area contributed by atoms with Crippen LogP contribution >= 0.6 is 11.8 Å². The molecule has 0 aliphatic heterocycles. The van der Waals surface area contributed by atoms with Crippen LogP contribution in [-0.4, -0.2) is 22.1 Å². The number of carboxylic acid groups (broad SMARTS) is 1. The van der Waals surface area contributed by atoms with Crippen molar-refractivity contribution < 1.29 is 9.90 Å². The average molecular weight is 174 g/mol. The first-order chi connectivity index (χ1) is 5.07. The maximum absolute atomic E-state index is 10.4. The van der Waals surface area contributed by atoms with E-state index < -0.39 is 5.97 Å². The molecule has 0 radical (unpaired) electrons. The van der Waals surface area contributed by atoms with E-state index in [1.54, 1.807) is 24.8 Å². The number of hydrogen-bond donors (Lipinski definition) is 1. The highest BCUT2D eigenvalue weighted by Gasteiger charge is 2.02. The van der Waals surface area contributed by atoms with Crippen LogP contribution in [0.1, 0.15) is 20.8 Å². The molecular weight excluding hydrogens is 160 g/mol. The summed E-state index contributed by atoms with van der Waals surface area (Å²) < 4.78 is 0. The molecule has 0 aromatic rings. The van der Waals surface area contributed by atoms with Crippen molar-refractivity contribution >= 4 is 17.7 Å². The Morgan fingerprint density at radius 3 is 2.64 bits per heavy atom. The Hall–Kier alpha value is -0.440. The number of rotatable bonds is 4. The third-order valence-electron chi connectivity index (χ3n) is 1.25. The first kappa shape index (κ1) is 10.6. The fourth-order valence-corrected chi connectivity index (χ4v) is 1.56. The van der Waals surface area contributed by atoms with Gasteiger partial charge in [0.25, 0.3) is 0 Å². The van der Waals surface area contributed by atoms with Gasteiger partial charge in [-0.1, -0.05) is 13.0 Å².